The number of rotatable bonds is 0. The van der Waals surface area contributed by atoms with Gasteiger partial charge in [0.25, 0.3) is 0 Å². The van der Waals surface area contributed by atoms with Gasteiger partial charge in [0.2, 0.25) is 5.28 Å². The SMILES string of the molecule is Sc1nc(Cl)n2nccc2n1. The molecule has 0 unspecified atom stereocenters. The maximum atomic E-state index is 5.70. The fraction of sp³-hybridized carbons (Fsp3) is 0. The van der Waals surface area contributed by atoms with Gasteiger partial charge in [-0.3, -0.25) is 0 Å². The number of halogens is 1. The lowest BCUT2D eigenvalue weighted by Crippen LogP contribution is -1.95. The molecular weight excluding hydrogens is 184 g/mol. The van der Waals surface area contributed by atoms with E-state index < -0.39 is 0 Å². The van der Waals surface area contributed by atoms with Crippen molar-refractivity contribution in [3.05, 3.63) is 17.5 Å². The zero-order chi connectivity index (χ0) is 7.84. The van der Waals surface area contributed by atoms with E-state index in [-0.39, 0.29) is 5.28 Å². The Morgan fingerprint density at radius 3 is 3.09 bits per heavy atom. The van der Waals surface area contributed by atoms with Crippen molar-refractivity contribution in [1.82, 2.24) is 19.6 Å². The van der Waals surface area contributed by atoms with E-state index in [0.29, 0.717) is 10.8 Å². The third-order valence-corrected chi connectivity index (χ3v) is 1.65. The highest BCUT2D eigenvalue weighted by molar-refractivity contribution is 7.80. The number of aromatic nitrogens is 4. The molecule has 0 amide bonds. The van der Waals surface area contributed by atoms with E-state index in [9.17, 15) is 0 Å². The van der Waals surface area contributed by atoms with Crippen molar-refractivity contribution in [1.29, 1.82) is 0 Å². The van der Waals surface area contributed by atoms with Gasteiger partial charge in [-0.05, 0) is 11.6 Å². The van der Waals surface area contributed by atoms with Crippen LogP contribution in [0.2, 0.25) is 5.28 Å². The van der Waals surface area contributed by atoms with Crippen LogP contribution in [0.4, 0.5) is 0 Å². The Morgan fingerprint density at radius 1 is 1.45 bits per heavy atom. The Labute approximate surface area is 72.6 Å². The minimum absolute atomic E-state index is 0.269. The van der Waals surface area contributed by atoms with E-state index in [1.165, 1.54) is 4.52 Å². The van der Waals surface area contributed by atoms with Crippen molar-refractivity contribution in [2.24, 2.45) is 0 Å². The average Bonchev–Trinajstić information content (AvgIpc) is 2.34. The first kappa shape index (κ1) is 6.87. The largest absolute Gasteiger partial charge is 0.228 e. The van der Waals surface area contributed by atoms with E-state index in [1.807, 2.05) is 0 Å². The van der Waals surface area contributed by atoms with Gasteiger partial charge >= 0.3 is 0 Å². The molecule has 0 saturated heterocycles. The van der Waals surface area contributed by atoms with Gasteiger partial charge in [-0.25, -0.2) is 4.98 Å². The molecule has 0 radical (unpaired) electrons. The van der Waals surface area contributed by atoms with Gasteiger partial charge in [-0.15, -0.1) is 12.6 Å². The monoisotopic (exact) mass is 186 g/mol. The van der Waals surface area contributed by atoms with Gasteiger partial charge < -0.3 is 0 Å². The minimum Gasteiger partial charge on any atom is -0.203 e. The standard InChI is InChI=1S/C5H3ClN4S/c6-4-9-5(11)8-3-1-2-7-10(3)4/h1-2H,(H,8,11). The molecule has 0 aromatic carbocycles. The average molecular weight is 187 g/mol. The van der Waals surface area contributed by atoms with Crippen molar-refractivity contribution in [3.8, 4) is 0 Å². The molecule has 0 saturated carbocycles. The second-order valence-electron chi connectivity index (χ2n) is 1.89. The molecule has 0 bridgehead atoms. The van der Waals surface area contributed by atoms with Gasteiger partial charge in [-0.2, -0.15) is 14.6 Å². The molecule has 6 heteroatoms. The number of hydrogen-bond acceptors (Lipinski definition) is 4. The third kappa shape index (κ3) is 1.06. The van der Waals surface area contributed by atoms with Crippen molar-refractivity contribution >= 4 is 29.9 Å². The van der Waals surface area contributed by atoms with Gasteiger partial charge in [0.15, 0.2) is 10.8 Å². The van der Waals surface area contributed by atoms with Crippen molar-refractivity contribution in [2.45, 2.75) is 5.16 Å². The predicted molar refractivity (Wildman–Crippen MR) is 43.0 cm³/mol. The zero-order valence-corrected chi connectivity index (χ0v) is 6.92. The third-order valence-electron chi connectivity index (χ3n) is 1.20. The Balaban J connectivity index is 2.91. The first-order chi connectivity index (χ1) is 5.27. The number of fused-ring (bicyclic) bond motifs is 1. The highest BCUT2D eigenvalue weighted by Crippen LogP contribution is 2.09. The van der Waals surface area contributed by atoms with Gasteiger partial charge in [-0.1, -0.05) is 0 Å². The summed E-state index contributed by atoms with van der Waals surface area (Å²) in [5.41, 5.74) is 0.648. The maximum Gasteiger partial charge on any atom is 0.228 e. The highest BCUT2D eigenvalue weighted by Gasteiger charge is 2.01. The molecule has 0 N–H and O–H groups in total. The lowest BCUT2D eigenvalue weighted by molar-refractivity contribution is 0.837. The Morgan fingerprint density at radius 2 is 2.27 bits per heavy atom. The van der Waals surface area contributed by atoms with Crippen LogP contribution < -0.4 is 0 Å². The first-order valence-corrected chi connectivity index (χ1v) is 3.66. The van der Waals surface area contributed by atoms with Crippen LogP contribution in [0.1, 0.15) is 0 Å². The van der Waals surface area contributed by atoms with Gasteiger partial charge in [0.05, 0.1) is 6.20 Å². The lowest BCUT2D eigenvalue weighted by atomic mass is 10.7. The Hall–Kier alpha value is -0.810. The molecule has 2 rings (SSSR count). The van der Waals surface area contributed by atoms with Crippen LogP contribution >= 0.6 is 24.2 Å². The molecule has 0 atom stereocenters. The predicted octanol–water partition coefficient (Wildman–Crippen LogP) is 1.07. The molecule has 2 heterocycles. The van der Waals surface area contributed by atoms with Crippen LogP contribution in [-0.2, 0) is 0 Å². The summed E-state index contributed by atoms with van der Waals surface area (Å²) < 4.78 is 1.43. The van der Waals surface area contributed by atoms with E-state index >= 15 is 0 Å². The Kier molecular flexibility index (Phi) is 1.47. The summed E-state index contributed by atoms with van der Waals surface area (Å²) in [7, 11) is 0. The second-order valence-corrected chi connectivity index (χ2v) is 2.63. The molecule has 0 aliphatic carbocycles. The van der Waals surface area contributed by atoms with E-state index in [1.54, 1.807) is 12.3 Å². The highest BCUT2D eigenvalue weighted by atomic mass is 35.5. The molecule has 56 valence electrons. The molecular formula is C5H3ClN4S. The number of thiol groups is 1. The summed E-state index contributed by atoms with van der Waals surface area (Å²) in [5.74, 6) is 0. The fourth-order valence-corrected chi connectivity index (χ4v) is 1.25. The smallest absolute Gasteiger partial charge is 0.203 e. The van der Waals surface area contributed by atoms with Gasteiger partial charge in [0.1, 0.15) is 0 Å². The Bertz CT molecular complexity index is 398. The van der Waals surface area contributed by atoms with E-state index in [2.05, 4.69) is 27.7 Å². The first-order valence-electron chi connectivity index (χ1n) is 2.83. The number of hydrogen-bond donors (Lipinski definition) is 1. The lowest BCUT2D eigenvalue weighted by Gasteiger charge is -1.94. The molecule has 4 nitrogen and oxygen atoms in total. The van der Waals surface area contributed by atoms with Crippen LogP contribution in [-0.4, -0.2) is 19.6 Å². The normalized spacial score (nSPS) is 10.7. The zero-order valence-electron chi connectivity index (χ0n) is 5.27. The summed E-state index contributed by atoms with van der Waals surface area (Å²) in [6, 6.07) is 1.73. The van der Waals surface area contributed by atoms with Crippen LogP contribution in [0.5, 0.6) is 0 Å². The van der Waals surface area contributed by atoms with Gasteiger partial charge in [0, 0.05) is 6.07 Å². The molecule has 2 aromatic heterocycles. The van der Waals surface area contributed by atoms with Crippen molar-refractivity contribution < 1.29 is 0 Å². The maximum absolute atomic E-state index is 5.70. The molecule has 11 heavy (non-hydrogen) atoms. The molecule has 0 spiro atoms. The summed E-state index contributed by atoms with van der Waals surface area (Å²) in [6.07, 6.45) is 1.60. The van der Waals surface area contributed by atoms with E-state index in [4.69, 9.17) is 11.6 Å². The van der Waals surface area contributed by atoms with Crippen LogP contribution in [0.25, 0.3) is 5.65 Å². The van der Waals surface area contributed by atoms with Crippen molar-refractivity contribution in [3.63, 3.8) is 0 Å². The summed E-state index contributed by atoms with van der Waals surface area (Å²) in [4.78, 5) is 7.76. The molecule has 0 aliphatic heterocycles. The quantitative estimate of drug-likeness (QED) is 0.626. The fourth-order valence-electron chi connectivity index (χ4n) is 0.781. The van der Waals surface area contributed by atoms with Crippen LogP contribution in [0.15, 0.2) is 17.4 Å². The molecule has 2 aromatic rings. The van der Waals surface area contributed by atoms with Crippen LogP contribution in [0, 0.1) is 0 Å². The van der Waals surface area contributed by atoms with Crippen LogP contribution in [0.3, 0.4) is 0 Å². The molecule has 0 aliphatic rings. The minimum atomic E-state index is 0.269. The summed E-state index contributed by atoms with van der Waals surface area (Å²) >= 11 is 9.66. The van der Waals surface area contributed by atoms with Crippen molar-refractivity contribution in [2.75, 3.05) is 0 Å². The van der Waals surface area contributed by atoms with E-state index in [0.717, 1.165) is 0 Å². The number of nitrogens with zero attached hydrogens (tertiary/aromatic N) is 4. The molecule has 0 fully saturated rings. The topological polar surface area (TPSA) is 43.1 Å². The second kappa shape index (κ2) is 2.35. The summed E-state index contributed by atoms with van der Waals surface area (Å²) in [5, 5.41) is 4.50. The summed E-state index contributed by atoms with van der Waals surface area (Å²) in [6.45, 7) is 0.